The molecule has 0 saturated heterocycles. The van der Waals surface area contributed by atoms with Crippen LogP contribution >= 0.6 is 0 Å². The molecule has 0 saturated carbocycles. The van der Waals surface area contributed by atoms with Gasteiger partial charge in [-0.3, -0.25) is 9.59 Å². The van der Waals surface area contributed by atoms with Crippen molar-refractivity contribution in [2.45, 2.75) is 193 Å². The van der Waals surface area contributed by atoms with Crippen LogP contribution in [0.4, 0.5) is 0 Å². The Morgan fingerprint density at radius 1 is 0.596 bits per heavy atom. The summed E-state index contributed by atoms with van der Waals surface area (Å²) < 4.78 is 16.5. The summed E-state index contributed by atoms with van der Waals surface area (Å²) >= 11 is 0. The van der Waals surface area contributed by atoms with Crippen molar-refractivity contribution in [3.05, 3.63) is 0 Å². The molecule has 278 valence electrons. The second kappa shape index (κ2) is 31.6. The Bertz CT molecular complexity index is 752. The molecule has 0 amide bonds. The molecular formula is C39H76NO7+. The number of carbonyl (C=O) groups is 3. The highest BCUT2D eigenvalue weighted by Gasteiger charge is 2.31. The summed E-state index contributed by atoms with van der Waals surface area (Å²) in [6.45, 7) is 3.79. The molecule has 0 radical (unpaired) electrons. The van der Waals surface area contributed by atoms with Gasteiger partial charge >= 0.3 is 17.9 Å². The van der Waals surface area contributed by atoms with Crippen LogP contribution in [0.1, 0.15) is 181 Å². The van der Waals surface area contributed by atoms with E-state index < -0.39 is 24.1 Å². The summed E-state index contributed by atoms with van der Waals surface area (Å²) in [7, 11) is 5.48. The number of carbonyl (C=O) groups excluding carboxylic acids is 2. The van der Waals surface area contributed by atoms with E-state index in [0.29, 0.717) is 12.8 Å². The van der Waals surface area contributed by atoms with Crippen molar-refractivity contribution in [2.75, 3.05) is 41.0 Å². The van der Waals surface area contributed by atoms with Crippen LogP contribution in [0.5, 0.6) is 0 Å². The van der Waals surface area contributed by atoms with Gasteiger partial charge in [0, 0.05) is 19.8 Å². The zero-order valence-electron chi connectivity index (χ0n) is 31.5. The monoisotopic (exact) mass is 671 g/mol. The number of quaternary nitrogens is 1. The van der Waals surface area contributed by atoms with Gasteiger partial charge in [-0.1, -0.05) is 155 Å². The first-order valence-electron chi connectivity index (χ1n) is 19.5. The maximum Gasteiger partial charge on any atom is 0.362 e. The zero-order chi connectivity index (χ0) is 35.0. The summed E-state index contributed by atoms with van der Waals surface area (Å²) in [4.78, 5) is 35.2. The molecule has 0 bridgehead atoms. The Morgan fingerprint density at radius 3 is 1.32 bits per heavy atom. The van der Waals surface area contributed by atoms with Gasteiger partial charge < -0.3 is 23.8 Å². The van der Waals surface area contributed by atoms with Crippen molar-refractivity contribution in [3.63, 3.8) is 0 Å². The number of aliphatic carboxylic acids is 1. The Kier molecular flexibility index (Phi) is 30.5. The van der Waals surface area contributed by atoms with E-state index in [-0.39, 0.29) is 30.3 Å². The number of hydrogen-bond acceptors (Lipinski definition) is 6. The molecule has 8 nitrogen and oxygen atoms in total. The van der Waals surface area contributed by atoms with Crippen LogP contribution in [-0.4, -0.2) is 80.6 Å². The number of nitrogens with zero attached hydrogens (tertiary/aromatic N) is 1. The quantitative estimate of drug-likeness (QED) is 0.0407. The lowest BCUT2D eigenvalue weighted by Gasteiger charge is -2.31. The van der Waals surface area contributed by atoms with Gasteiger partial charge in [0.1, 0.15) is 6.61 Å². The number of esters is 2. The predicted molar refractivity (Wildman–Crippen MR) is 193 cm³/mol. The summed E-state index contributed by atoms with van der Waals surface area (Å²) in [5.74, 6) is -1.65. The molecule has 0 aliphatic heterocycles. The van der Waals surface area contributed by atoms with Gasteiger partial charge in [0.2, 0.25) is 0 Å². The maximum atomic E-state index is 12.4. The Morgan fingerprint density at radius 2 is 0.979 bits per heavy atom. The Hall–Kier alpha value is -1.67. The molecule has 0 fully saturated rings. The molecule has 8 heteroatoms. The first-order chi connectivity index (χ1) is 22.6. The van der Waals surface area contributed by atoms with Crippen LogP contribution in [0, 0.1) is 0 Å². The Balaban J connectivity index is 3.68. The van der Waals surface area contributed by atoms with E-state index in [4.69, 9.17) is 14.2 Å². The normalized spacial score (nSPS) is 13.0. The molecule has 0 aliphatic carbocycles. The minimum absolute atomic E-state index is 0.0575. The van der Waals surface area contributed by atoms with Crippen LogP contribution in [0.2, 0.25) is 0 Å². The SMILES string of the molecule is CCCCCCCCCCCCCCCCCCCCCCCCCCC(=O)OC(COCCC(C(=O)O)[N+](C)(C)C)COC(C)=O. The van der Waals surface area contributed by atoms with Crippen LogP contribution in [0.3, 0.4) is 0 Å². The topological polar surface area (TPSA) is 99.1 Å². The van der Waals surface area contributed by atoms with E-state index >= 15 is 0 Å². The molecule has 0 rings (SSSR count). The van der Waals surface area contributed by atoms with Crippen molar-refractivity contribution < 1.29 is 38.2 Å². The van der Waals surface area contributed by atoms with E-state index in [9.17, 15) is 19.5 Å². The first kappa shape index (κ1) is 45.3. The molecule has 0 aromatic rings. The lowest BCUT2D eigenvalue weighted by Crippen LogP contribution is -2.50. The van der Waals surface area contributed by atoms with Gasteiger partial charge in [-0.2, -0.15) is 0 Å². The van der Waals surface area contributed by atoms with Gasteiger partial charge in [-0.05, 0) is 6.42 Å². The van der Waals surface area contributed by atoms with E-state index in [1.807, 2.05) is 21.1 Å². The minimum atomic E-state index is -0.880. The number of unbranched alkanes of at least 4 members (excludes halogenated alkanes) is 23. The largest absolute Gasteiger partial charge is 0.477 e. The van der Waals surface area contributed by atoms with Crippen molar-refractivity contribution in [3.8, 4) is 0 Å². The zero-order valence-corrected chi connectivity index (χ0v) is 31.5. The van der Waals surface area contributed by atoms with Crippen LogP contribution < -0.4 is 0 Å². The molecule has 0 aliphatic rings. The van der Waals surface area contributed by atoms with Crippen LogP contribution in [0.25, 0.3) is 0 Å². The van der Waals surface area contributed by atoms with Crippen molar-refractivity contribution in [1.29, 1.82) is 0 Å². The van der Waals surface area contributed by atoms with Gasteiger partial charge in [-0.25, -0.2) is 4.79 Å². The van der Waals surface area contributed by atoms with E-state index in [1.54, 1.807) is 0 Å². The standard InChI is InChI=1S/C39H75NO7/c1-6-7-8-9-10-11-12-13-14-15-16-17-18-19-20-21-22-23-24-25-26-27-28-29-30-38(42)47-36(34-46-35(2)41)33-45-32-31-37(39(43)44)40(3,4)5/h36-37H,6-34H2,1-5H3/p+1. The highest BCUT2D eigenvalue weighted by Crippen LogP contribution is 2.16. The average Bonchev–Trinajstić information content (AvgIpc) is 3.00. The molecule has 2 unspecified atom stereocenters. The van der Waals surface area contributed by atoms with Crippen molar-refractivity contribution in [2.24, 2.45) is 0 Å². The third kappa shape index (κ3) is 31.4. The number of hydrogen-bond donors (Lipinski definition) is 1. The summed E-state index contributed by atoms with van der Waals surface area (Å²) in [5, 5.41) is 9.46. The van der Waals surface area contributed by atoms with Gasteiger partial charge in [0.15, 0.2) is 12.1 Å². The molecule has 0 heterocycles. The molecule has 47 heavy (non-hydrogen) atoms. The molecule has 0 aromatic heterocycles. The number of likely N-dealkylation sites (N-methyl/N-ethyl adjacent to an activating group) is 1. The summed E-state index contributed by atoms with van der Waals surface area (Å²) in [6, 6.07) is -0.604. The lowest BCUT2D eigenvalue weighted by atomic mass is 10.0. The van der Waals surface area contributed by atoms with Crippen LogP contribution in [-0.2, 0) is 28.6 Å². The molecular weight excluding hydrogens is 594 g/mol. The first-order valence-corrected chi connectivity index (χ1v) is 19.5. The highest BCUT2D eigenvalue weighted by molar-refractivity contribution is 5.72. The van der Waals surface area contributed by atoms with Gasteiger partial charge in [0.05, 0.1) is 34.4 Å². The number of rotatable bonds is 35. The lowest BCUT2D eigenvalue weighted by molar-refractivity contribution is -0.887. The fourth-order valence-electron chi connectivity index (χ4n) is 6.05. The third-order valence-electron chi connectivity index (χ3n) is 9.06. The van der Waals surface area contributed by atoms with Crippen molar-refractivity contribution in [1.82, 2.24) is 0 Å². The third-order valence-corrected chi connectivity index (χ3v) is 9.06. The second-order valence-electron chi connectivity index (χ2n) is 14.6. The molecule has 0 aromatic carbocycles. The van der Waals surface area contributed by atoms with Crippen LogP contribution in [0.15, 0.2) is 0 Å². The number of ether oxygens (including phenoxy) is 3. The van der Waals surface area contributed by atoms with Gasteiger partial charge in [-0.15, -0.1) is 0 Å². The predicted octanol–water partition coefficient (Wildman–Crippen LogP) is 9.80. The number of carboxylic acids is 1. The van der Waals surface area contributed by atoms with E-state index in [1.165, 1.54) is 142 Å². The molecule has 2 atom stereocenters. The minimum Gasteiger partial charge on any atom is -0.477 e. The fraction of sp³-hybridized carbons (Fsp3) is 0.923. The maximum absolute atomic E-state index is 12.4. The summed E-state index contributed by atoms with van der Waals surface area (Å²) in [5.41, 5.74) is 0. The van der Waals surface area contributed by atoms with Crippen molar-refractivity contribution >= 4 is 17.9 Å². The smallest absolute Gasteiger partial charge is 0.362 e. The average molecular weight is 671 g/mol. The Labute approximate surface area is 289 Å². The molecule has 1 N–H and O–H groups in total. The highest BCUT2D eigenvalue weighted by atomic mass is 16.6. The number of carboxylic acid groups (broad SMARTS) is 1. The van der Waals surface area contributed by atoms with E-state index in [2.05, 4.69) is 6.92 Å². The summed E-state index contributed by atoms with van der Waals surface area (Å²) in [6.07, 6.45) is 32.1. The fourth-order valence-corrected chi connectivity index (χ4v) is 6.05. The van der Waals surface area contributed by atoms with Gasteiger partial charge in [0.25, 0.3) is 0 Å². The molecule has 0 spiro atoms. The second-order valence-corrected chi connectivity index (χ2v) is 14.6. The van der Waals surface area contributed by atoms with E-state index in [0.717, 1.165) is 19.3 Å².